The highest BCUT2D eigenvalue weighted by atomic mass is 16.2. The van der Waals surface area contributed by atoms with E-state index >= 15 is 0 Å². The second-order valence-electron chi connectivity index (χ2n) is 12.3. The van der Waals surface area contributed by atoms with Crippen molar-refractivity contribution < 1.29 is 9.59 Å². The van der Waals surface area contributed by atoms with Crippen LogP contribution in [0.2, 0.25) is 0 Å². The van der Waals surface area contributed by atoms with Gasteiger partial charge in [-0.25, -0.2) is 14.5 Å². The van der Waals surface area contributed by atoms with Gasteiger partial charge in [-0.3, -0.25) is 10.1 Å². The molecule has 218 valence electrons. The number of anilines is 2. The zero-order valence-corrected chi connectivity index (χ0v) is 25.1. The molecule has 0 unspecified atom stereocenters. The Labute approximate surface area is 248 Å². The predicted octanol–water partition coefficient (Wildman–Crippen LogP) is 6.92. The lowest BCUT2D eigenvalue weighted by molar-refractivity contribution is 0.0684. The van der Waals surface area contributed by atoms with Crippen molar-refractivity contribution in [1.29, 1.82) is 0 Å². The van der Waals surface area contributed by atoms with Gasteiger partial charge in [0.1, 0.15) is 11.5 Å². The van der Waals surface area contributed by atoms with Crippen LogP contribution in [-0.2, 0) is 11.8 Å². The molecule has 2 aromatic carbocycles. The zero-order valence-electron chi connectivity index (χ0n) is 25.1. The molecular formula is C34H40N6O2. The molecule has 1 fully saturated rings. The van der Waals surface area contributed by atoms with E-state index in [2.05, 4.69) is 42.5 Å². The number of nitrogens with zero attached hydrogens (tertiary/aromatic N) is 4. The molecule has 0 saturated carbocycles. The largest absolute Gasteiger partial charge is 0.337 e. The minimum atomic E-state index is -0.317. The van der Waals surface area contributed by atoms with Crippen molar-refractivity contribution in [2.75, 3.05) is 23.7 Å². The van der Waals surface area contributed by atoms with Gasteiger partial charge < -0.3 is 10.2 Å². The van der Waals surface area contributed by atoms with Crippen LogP contribution < -0.4 is 10.6 Å². The number of piperidine rings is 1. The number of hydrogen-bond acceptors (Lipinski definition) is 4. The van der Waals surface area contributed by atoms with Gasteiger partial charge >= 0.3 is 6.03 Å². The molecule has 8 heteroatoms. The number of carbonyl (C=O) groups excluding carboxylic acids is 2. The van der Waals surface area contributed by atoms with Gasteiger partial charge in [-0.05, 0) is 74.9 Å². The minimum Gasteiger partial charge on any atom is -0.337 e. The van der Waals surface area contributed by atoms with E-state index in [1.807, 2.05) is 79.4 Å². The molecule has 1 aliphatic heterocycles. The van der Waals surface area contributed by atoms with E-state index in [1.165, 1.54) is 0 Å². The number of aryl methyl sites for hydroxylation is 2. The number of hydrogen-bond donors (Lipinski definition) is 2. The molecule has 0 bridgehead atoms. The Bertz CT molecular complexity index is 1560. The quantitative estimate of drug-likeness (QED) is 0.266. The van der Waals surface area contributed by atoms with Crippen molar-refractivity contribution in [3.8, 4) is 5.69 Å². The van der Waals surface area contributed by atoms with Gasteiger partial charge in [0.25, 0.3) is 5.91 Å². The molecule has 2 aromatic heterocycles. The summed E-state index contributed by atoms with van der Waals surface area (Å²) in [6.45, 7) is 11.7. The molecule has 0 aliphatic carbocycles. The van der Waals surface area contributed by atoms with E-state index in [-0.39, 0.29) is 17.4 Å². The predicted molar refractivity (Wildman–Crippen MR) is 167 cm³/mol. The minimum absolute atomic E-state index is 0.00427. The first-order valence-electron chi connectivity index (χ1n) is 14.6. The lowest BCUT2D eigenvalue weighted by Crippen LogP contribution is -2.39. The normalized spacial score (nSPS) is 14.1. The van der Waals surface area contributed by atoms with Gasteiger partial charge in [-0.2, -0.15) is 5.10 Å². The Balaban J connectivity index is 1.24. The third-order valence-corrected chi connectivity index (χ3v) is 7.78. The van der Waals surface area contributed by atoms with E-state index in [1.54, 1.807) is 10.7 Å². The molecule has 1 saturated heterocycles. The maximum absolute atomic E-state index is 13.3. The molecule has 0 atom stereocenters. The Morgan fingerprint density at radius 1 is 0.905 bits per heavy atom. The molecule has 0 spiro atoms. The van der Waals surface area contributed by atoms with Crippen LogP contribution in [0, 0.1) is 19.8 Å². The molecule has 8 nitrogen and oxygen atoms in total. The monoisotopic (exact) mass is 564 g/mol. The summed E-state index contributed by atoms with van der Waals surface area (Å²) < 4.78 is 1.78. The maximum atomic E-state index is 13.3. The van der Waals surface area contributed by atoms with Crippen LogP contribution in [-0.4, -0.2) is 44.7 Å². The highest BCUT2D eigenvalue weighted by molar-refractivity contribution is 6.00. The summed E-state index contributed by atoms with van der Waals surface area (Å²) in [4.78, 5) is 32.5. The molecule has 4 aromatic rings. The fraction of sp³-hybridized carbons (Fsp3) is 0.353. The van der Waals surface area contributed by atoms with Gasteiger partial charge in [0.15, 0.2) is 0 Å². The number of nitrogens with one attached hydrogen (secondary N) is 2. The van der Waals surface area contributed by atoms with Gasteiger partial charge in [0, 0.05) is 36.0 Å². The van der Waals surface area contributed by atoms with Crippen molar-refractivity contribution in [2.45, 2.75) is 59.3 Å². The SMILES string of the molecule is Cc1ccc(-n2nc(C(C)(C)C)cc2NC(=O)Nc2ccccc2CC2CCN(C(=O)c3cccc(C)n3)CC2)cc1. The van der Waals surface area contributed by atoms with E-state index in [0.29, 0.717) is 30.5 Å². The van der Waals surface area contributed by atoms with Crippen molar-refractivity contribution >= 4 is 23.4 Å². The average molecular weight is 565 g/mol. The molecular weight excluding hydrogens is 524 g/mol. The number of para-hydroxylation sites is 1. The second-order valence-corrected chi connectivity index (χ2v) is 12.3. The molecule has 0 radical (unpaired) electrons. The standard InChI is InChI=1S/C34H40N6O2/c1-23-13-15-27(16-14-23)40-31(22-30(38-40)34(3,4)5)37-33(42)36-28-11-7-6-10-26(28)21-25-17-19-39(20-18-25)32(41)29-12-8-9-24(2)35-29/h6-16,22,25H,17-21H2,1-5H3,(H2,36,37,42). The maximum Gasteiger partial charge on any atom is 0.324 e. The fourth-order valence-corrected chi connectivity index (χ4v) is 5.28. The Kier molecular flexibility index (Phi) is 8.43. The third kappa shape index (κ3) is 6.87. The summed E-state index contributed by atoms with van der Waals surface area (Å²) in [6, 6.07) is 23.2. The van der Waals surface area contributed by atoms with Crippen molar-refractivity contribution in [2.24, 2.45) is 5.92 Å². The molecule has 5 rings (SSSR count). The van der Waals surface area contributed by atoms with Crippen molar-refractivity contribution in [1.82, 2.24) is 19.7 Å². The first-order chi connectivity index (χ1) is 20.1. The summed E-state index contributed by atoms with van der Waals surface area (Å²) in [6.07, 6.45) is 2.64. The number of urea groups is 1. The highest BCUT2D eigenvalue weighted by Gasteiger charge is 2.26. The van der Waals surface area contributed by atoms with E-state index in [0.717, 1.165) is 53.2 Å². The Hall–Kier alpha value is -4.46. The number of likely N-dealkylation sites (tertiary alicyclic amines) is 1. The van der Waals surface area contributed by atoms with Crippen LogP contribution in [0.1, 0.15) is 66.6 Å². The van der Waals surface area contributed by atoms with E-state index in [9.17, 15) is 9.59 Å². The topological polar surface area (TPSA) is 92.2 Å². The van der Waals surface area contributed by atoms with E-state index < -0.39 is 0 Å². The lowest BCUT2D eigenvalue weighted by atomic mass is 9.89. The third-order valence-electron chi connectivity index (χ3n) is 7.78. The molecule has 2 N–H and O–H groups in total. The van der Waals surface area contributed by atoms with Gasteiger partial charge in [0.2, 0.25) is 0 Å². The summed E-state index contributed by atoms with van der Waals surface area (Å²) in [5.74, 6) is 1.03. The van der Waals surface area contributed by atoms with Crippen LogP contribution >= 0.6 is 0 Å². The highest BCUT2D eigenvalue weighted by Crippen LogP contribution is 2.28. The van der Waals surface area contributed by atoms with Gasteiger partial charge in [-0.15, -0.1) is 0 Å². The first-order valence-corrected chi connectivity index (χ1v) is 14.6. The molecule has 3 amide bonds. The first kappa shape index (κ1) is 29.0. The average Bonchev–Trinajstić information content (AvgIpc) is 3.39. The summed E-state index contributed by atoms with van der Waals surface area (Å²) >= 11 is 0. The molecule has 3 heterocycles. The summed E-state index contributed by atoms with van der Waals surface area (Å²) in [5, 5.41) is 10.9. The van der Waals surface area contributed by atoms with Crippen LogP contribution in [0.3, 0.4) is 0 Å². The molecule has 42 heavy (non-hydrogen) atoms. The number of carbonyl (C=O) groups is 2. The van der Waals surface area contributed by atoms with Gasteiger partial charge in [-0.1, -0.05) is 62.7 Å². The van der Waals surface area contributed by atoms with Crippen molar-refractivity contribution in [3.63, 3.8) is 0 Å². The molecule has 1 aliphatic rings. The lowest BCUT2D eigenvalue weighted by Gasteiger charge is -2.32. The van der Waals surface area contributed by atoms with Crippen LogP contribution in [0.25, 0.3) is 5.69 Å². The van der Waals surface area contributed by atoms with Gasteiger partial charge in [0.05, 0.1) is 11.4 Å². The van der Waals surface area contributed by atoms with Crippen LogP contribution in [0.15, 0.2) is 72.8 Å². The van der Waals surface area contributed by atoms with Crippen LogP contribution in [0.5, 0.6) is 0 Å². The number of benzene rings is 2. The zero-order chi connectivity index (χ0) is 29.9. The number of amides is 3. The van der Waals surface area contributed by atoms with E-state index in [4.69, 9.17) is 5.10 Å². The van der Waals surface area contributed by atoms with Crippen LogP contribution in [0.4, 0.5) is 16.3 Å². The smallest absolute Gasteiger partial charge is 0.324 e. The Morgan fingerprint density at radius 3 is 2.31 bits per heavy atom. The second kappa shape index (κ2) is 12.2. The summed E-state index contributed by atoms with van der Waals surface area (Å²) in [7, 11) is 0. The fourth-order valence-electron chi connectivity index (χ4n) is 5.28. The number of pyridine rings is 1. The number of aromatic nitrogens is 3. The summed E-state index contributed by atoms with van der Waals surface area (Å²) in [5.41, 5.74) is 5.98. The van der Waals surface area contributed by atoms with Crippen molar-refractivity contribution in [3.05, 3.63) is 101 Å². The Morgan fingerprint density at radius 2 is 1.62 bits per heavy atom. The number of rotatable bonds is 6.